The van der Waals surface area contributed by atoms with E-state index in [1.165, 1.54) is 12.4 Å². The van der Waals surface area contributed by atoms with Crippen LogP contribution in [-0.2, 0) is 19.2 Å². The zero-order valence-corrected chi connectivity index (χ0v) is 16.0. The zero-order valence-electron chi connectivity index (χ0n) is 16.0. The van der Waals surface area contributed by atoms with Crippen LogP contribution in [0.2, 0.25) is 0 Å². The minimum Gasteiger partial charge on any atom is -0.368 e. The maximum atomic E-state index is 12.6. The Morgan fingerprint density at radius 3 is 2.08 bits per heavy atom. The number of carbonyl (C=O) groups is 4. The maximum absolute atomic E-state index is 12.6. The third-order valence-corrected chi connectivity index (χ3v) is 4.12. The molecule has 0 saturated heterocycles. The number of nitrogens with two attached hydrogens (primary N) is 1. The van der Waals surface area contributed by atoms with Gasteiger partial charge in [0.15, 0.2) is 0 Å². The second-order valence-corrected chi connectivity index (χ2v) is 6.79. The van der Waals surface area contributed by atoms with Gasteiger partial charge < -0.3 is 16.4 Å². The SMILES string of the molecule is CCCCC[C@@H](CC(=O)NO)C(=O)N[C@@H](C(=O)N[C@@H](C)C(N)=O)C(C)C. The summed E-state index contributed by atoms with van der Waals surface area (Å²) in [5.74, 6) is -3.18. The maximum Gasteiger partial charge on any atom is 0.244 e. The molecule has 0 aromatic carbocycles. The lowest BCUT2D eigenvalue weighted by atomic mass is 9.94. The quantitative estimate of drug-likeness (QED) is 0.188. The minimum absolute atomic E-state index is 0.170. The van der Waals surface area contributed by atoms with Gasteiger partial charge in [-0.3, -0.25) is 24.4 Å². The van der Waals surface area contributed by atoms with E-state index < -0.39 is 41.6 Å². The molecule has 0 aliphatic rings. The molecule has 0 unspecified atom stereocenters. The van der Waals surface area contributed by atoms with Gasteiger partial charge in [0.05, 0.1) is 0 Å². The van der Waals surface area contributed by atoms with Crippen LogP contribution in [0.5, 0.6) is 0 Å². The van der Waals surface area contributed by atoms with Crippen molar-refractivity contribution >= 4 is 23.6 Å². The number of hydrogen-bond acceptors (Lipinski definition) is 5. The van der Waals surface area contributed by atoms with Crippen molar-refractivity contribution in [3.05, 3.63) is 0 Å². The van der Waals surface area contributed by atoms with E-state index in [1.54, 1.807) is 13.8 Å². The van der Waals surface area contributed by atoms with Crippen molar-refractivity contribution in [1.29, 1.82) is 0 Å². The van der Waals surface area contributed by atoms with Gasteiger partial charge in [0.2, 0.25) is 23.6 Å². The highest BCUT2D eigenvalue weighted by molar-refractivity contribution is 5.93. The molecule has 9 heteroatoms. The standard InChI is InChI=1S/C17H32N4O5/c1-5-6-7-8-12(9-13(22)21-26)16(24)20-14(10(2)3)17(25)19-11(4)15(18)23/h10-12,14,26H,5-9H2,1-4H3,(H2,18,23)(H,19,25)(H,20,24)(H,21,22)/t11-,12-,14+/m0/s1. The summed E-state index contributed by atoms with van der Waals surface area (Å²) in [5, 5.41) is 13.8. The summed E-state index contributed by atoms with van der Waals surface area (Å²) in [6, 6.07) is -1.73. The second kappa shape index (κ2) is 12.2. The number of hydrogen-bond donors (Lipinski definition) is 5. The van der Waals surface area contributed by atoms with E-state index in [0.29, 0.717) is 6.42 Å². The van der Waals surface area contributed by atoms with Gasteiger partial charge in [-0.1, -0.05) is 40.0 Å². The number of primary amides is 1. The fraction of sp³-hybridized carbons (Fsp3) is 0.765. The second-order valence-electron chi connectivity index (χ2n) is 6.79. The van der Waals surface area contributed by atoms with E-state index >= 15 is 0 Å². The van der Waals surface area contributed by atoms with Crippen LogP contribution >= 0.6 is 0 Å². The van der Waals surface area contributed by atoms with Crippen LogP contribution in [0.3, 0.4) is 0 Å². The van der Waals surface area contributed by atoms with E-state index in [-0.39, 0.29) is 12.3 Å². The summed E-state index contributed by atoms with van der Waals surface area (Å²) in [6.45, 7) is 6.99. The lowest BCUT2D eigenvalue weighted by Crippen LogP contribution is -2.55. The molecule has 0 aromatic rings. The van der Waals surface area contributed by atoms with Crippen LogP contribution < -0.4 is 21.8 Å². The van der Waals surface area contributed by atoms with E-state index in [4.69, 9.17) is 10.9 Å². The normalized spacial score (nSPS) is 14.2. The van der Waals surface area contributed by atoms with Crippen molar-refractivity contribution in [3.8, 4) is 0 Å². The van der Waals surface area contributed by atoms with Gasteiger partial charge in [-0.25, -0.2) is 5.48 Å². The summed E-state index contributed by atoms with van der Waals surface area (Å²) in [4.78, 5) is 47.5. The molecule has 4 amide bonds. The molecule has 26 heavy (non-hydrogen) atoms. The molecule has 150 valence electrons. The molecule has 0 radical (unpaired) electrons. The van der Waals surface area contributed by atoms with Crippen LogP contribution in [0.25, 0.3) is 0 Å². The van der Waals surface area contributed by atoms with Gasteiger partial charge in [0, 0.05) is 12.3 Å². The molecule has 0 bridgehead atoms. The summed E-state index contributed by atoms with van der Waals surface area (Å²) in [7, 11) is 0. The van der Waals surface area contributed by atoms with Crippen molar-refractivity contribution in [2.75, 3.05) is 0 Å². The van der Waals surface area contributed by atoms with E-state index in [2.05, 4.69) is 10.6 Å². The number of hydroxylamine groups is 1. The highest BCUT2D eigenvalue weighted by atomic mass is 16.5. The molecule has 0 fully saturated rings. The van der Waals surface area contributed by atoms with Gasteiger partial charge >= 0.3 is 0 Å². The van der Waals surface area contributed by atoms with Crippen molar-refractivity contribution in [2.45, 2.75) is 71.9 Å². The number of nitrogens with one attached hydrogen (secondary N) is 3. The highest BCUT2D eigenvalue weighted by Gasteiger charge is 2.30. The van der Waals surface area contributed by atoms with Crippen molar-refractivity contribution in [3.63, 3.8) is 0 Å². The zero-order chi connectivity index (χ0) is 20.3. The van der Waals surface area contributed by atoms with E-state index in [0.717, 1.165) is 19.3 Å². The average molecular weight is 372 g/mol. The van der Waals surface area contributed by atoms with Crippen molar-refractivity contribution < 1.29 is 24.4 Å². The lowest BCUT2D eigenvalue weighted by Gasteiger charge is -2.25. The predicted octanol–water partition coefficient (Wildman–Crippen LogP) is 0.209. The Morgan fingerprint density at radius 2 is 1.62 bits per heavy atom. The Kier molecular flexibility index (Phi) is 11.2. The number of rotatable bonds is 12. The first-order valence-electron chi connectivity index (χ1n) is 8.96. The molecular formula is C17H32N4O5. The van der Waals surface area contributed by atoms with Crippen LogP contribution in [0.15, 0.2) is 0 Å². The Bertz CT molecular complexity index is 496. The highest BCUT2D eigenvalue weighted by Crippen LogP contribution is 2.15. The molecule has 6 N–H and O–H groups in total. The molecular weight excluding hydrogens is 340 g/mol. The van der Waals surface area contributed by atoms with Crippen LogP contribution in [0.4, 0.5) is 0 Å². The molecule has 9 nitrogen and oxygen atoms in total. The van der Waals surface area contributed by atoms with Gasteiger partial charge in [0.25, 0.3) is 0 Å². The third-order valence-electron chi connectivity index (χ3n) is 4.12. The average Bonchev–Trinajstić information content (AvgIpc) is 2.57. The van der Waals surface area contributed by atoms with Crippen molar-refractivity contribution in [2.24, 2.45) is 17.6 Å². The number of carbonyl (C=O) groups excluding carboxylic acids is 4. The van der Waals surface area contributed by atoms with Crippen LogP contribution in [0.1, 0.15) is 59.8 Å². The molecule has 0 aliphatic carbocycles. The van der Waals surface area contributed by atoms with Crippen LogP contribution in [-0.4, -0.2) is 40.9 Å². The fourth-order valence-electron chi connectivity index (χ4n) is 2.42. The van der Waals surface area contributed by atoms with Gasteiger partial charge in [-0.05, 0) is 19.3 Å². The summed E-state index contributed by atoms with van der Waals surface area (Å²) in [6.07, 6.45) is 2.93. The lowest BCUT2D eigenvalue weighted by molar-refractivity contribution is -0.137. The Balaban J connectivity index is 5.06. The fourth-order valence-corrected chi connectivity index (χ4v) is 2.42. The monoisotopic (exact) mass is 372 g/mol. The summed E-state index contributed by atoms with van der Waals surface area (Å²) < 4.78 is 0. The first kappa shape index (κ1) is 23.8. The van der Waals surface area contributed by atoms with E-state index in [9.17, 15) is 19.2 Å². The topological polar surface area (TPSA) is 151 Å². The first-order valence-corrected chi connectivity index (χ1v) is 8.96. The molecule has 3 atom stereocenters. The molecule has 0 heterocycles. The van der Waals surface area contributed by atoms with Gasteiger partial charge in [-0.15, -0.1) is 0 Å². The first-order chi connectivity index (χ1) is 12.1. The number of amides is 4. The molecule has 0 saturated carbocycles. The smallest absolute Gasteiger partial charge is 0.244 e. The van der Waals surface area contributed by atoms with Gasteiger partial charge in [-0.2, -0.15) is 0 Å². The molecule has 0 rings (SSSR count). The minimum atomic E-state index is -0.866. The van der Waals surface area contributed by atoms with Crippen LogP contribution in [0, 0.1) is 11.8 Å². The van der Waals surface area contributed by atoms with Gasteiger partial charge in [0.1, 0.15) is 12.1 Å². The van der Waals surface area contributed by atoms with Crippen molar-refractivity contribution in [1.82, 2.24) is 16.1 Å². The number of unbranched alkanes of at least 4 members (excludes halogenated alkanes) is 2. The molecule has 0 spiro atoms. The summed E-state index contributed by atoms with van der Waals surface area (Å²) in [5.41, 5.74) is 6.67. The predicted molar refractivity (Wildman–Crippen MR) is 95.7 cm³/mol. The van der Waals surface area contributed by atoms with E-state index in [1.807, 2.05) is 6.92 Å². The Hall–Kier alpha value is -2.16. The molecule has 0 aromatic heterocycles. The Labute approximate surface area is 154 Å². The Morgan fingerprint density at radius 1 is 1.00 bits per heavy atom. The largest absolute Gasteiger partial charge is 0.368 e. The third kappa shape index (κ3) is 8.80. The molecule has 0 aliphatic heterocycles. The summed E-state index contributed by atoms with van der Waals surface area (Å²) >= 11 is 0.